The zero-order valence-electron chi connectivity index (χ0n) is 65.6. The predicted molar refractivity (Wildman–Crippen MR) is 442 cm³/mol. The van der Waals surface area contributed by atoms with E-state index in [4.69, 9.17) is 18.9 Å². The van der Waals surface area contributed by atoms with Crippen LogP contribution in [0.2, 0.25) is 0 Å². The number of nitrogens with one attached hydrogen (secondary N) is 12. The second-order valence-corrected chi connectivity index (χ2v) is 25.1. The first-order chi connectivity index (χ1) is 55.4. The minimum Gasteiger partial charge on any atom is -0.377 e. The van der Waals surface area contributed by atoms with Crippen LogP contribution in [0.3, 0.4) is 0 Å². The first-order valence-corrected chi connectivity index (χ1v) is 38.0. The standard InChI is InChI=1S/C78H115N23O13/c1-9-59-51-60(10-2)92-75(91-59)87-25-17-21-67(103)79-31-39-100(40-32-80-68(104)22-18-26-88-76-93-61(11-3)52-62(12-4)94-76)55-71(107)85-35-45-111-47-49-113-57-73(109)83-29-37-99(43-44-102)38-30-84-74(110)58-114-50-48-112-46-36-86-72(108)56-101(41-33-81-69(105)23-19-27-89-77-95-63(13-5)53-64(14-6)96-77)42-34-82-70(106)24-20-28-90-78-97-65(15-7)54-66(16-8)98-78/h9-16,44,51-54H,1-8,17-43,45-50,55-58H2,(H,79,103)(H,80,104)(H,81,105)(H,82,106)(H,83,109)(H,84,110)(H,85,107)(H,86,108)(H,87,91,92)(H,88,93,94)(H,89,95,96)(H,90,97,98). The number of nitrogens with zero attached hydrogens (tertiary/aromatic N) is 11. The summed E-state index contributed by atoms with van der Waals surface area (Å²) in [4.78, 5) is 154. The fourth-order valence-electron chi connectivity index (χ4n) is 10.2. The van der Waals surface area contributed by atoms with E-state index in [1.165, 1.54) is 0 Å². The van der Waals surface area contributed by atoms with Crippen molar-refractivity contribution < 1.29 is 62.1 Å². The summed E-state index contributed by atoms with van der Waals surface area (Å²) in [7, 11) is 0. The molecule has 0 saturated heterocycles. The second-order valence-electron chi connectivity index (χ2n) is 25.1. The third-order valence-corrected chi connectivity index (χ3v) is 16.1. The lowest BCUT2D eigenvalue weighted by molar-refractivity contribution is -0.127. The van der Waals surface area contributed by atoms with E-state index in [-0.39, 0.29) is 198 Å². The van der Waals surface area contributed by atoms with Crippen LogP contribution in [0.1, 0.15) is 96.9 Å². The molecule has 36 nitrogen and oxygen atoms in total. The minimum absolute atomic E-state index is 0.0165. The van der Waals surface area contributed by atoms with Gasteiger partial charge in [-0.1, -0.05) is 52.6 Å². The molecule has 114 heavy (non-hydrogen) atoms. The highest BCUT2D eigenvalue weighted by Gasteiger charge is 2.17. The number of aromatic nitrogens is 8. The van der Waals surface area contributed by atoms with E-state index in [2.05, 4.69) is 156 Å². The van der Waals surface area contributed by atoms with Gasteiger partial charge in [-0.25, -0.2) is 39.9 Å². The molecule has 0 bridgehead atoms. The first kappa shape index (κ1) is 95.0. The Hall–Kier alpha value is -11.4. The van der Waals surface area contributed by atoms with Gasteiger partial charge in [0.05, 0.1) is 105 Å². The molecule has 0 aliphatic rings. The molecular formula is C78H115N23O13. The van der Waals surface area contributed by atoms with Crippen LogP contribution in [0.25, 0.3) is 48.6 Å². The van der Waals surface area contributed by atoms with Crippen molar-refractivity contribution in [2.75, 3.05) is 212 Å². The number of ether oxygens (including phenoxy) is 4. The van der Waals surface area contributed by atoms with Gasteiger partial charge in [-0.05, 0) is 98.6 Å². The molecule has 0 fully saturated rings. The van der Waals surface area contributed by atoms with Crippen LogP contribution in [0.5, 0.6) is 0 Å². The Bertz CT molecular complexity index is 3220. The molecule has 36 heteroatoms. The van der Waals surface area contributed by atoms with Gasteiger partial charge in [0.15, 0.2) is 0 Å². The third kappa shape index (κ3) is 44.6. The highest BCUT2D eigenvalue weighted by molar-refractivity contribution is 5.80. The van der Waals surface area contributed by atoms with Crippen LogP contribution in [0, 0.1) is 0 Å². The summed E-state index contributed by atoms with van der Waals surface area (Å²) in [5.41, 5.74) is 5.15. The fourth-order valence-corrected chi connectivity index (χ4v) is 10.2. The molecule has 8 amide bonds. The fraction of sp³-hybridized carbons (Fsp3) is 0.474. The summed E-state index contributed by atoms with van der Waals surface area (Å²) in [5, 5.41) is 35.2. The molecule has 0 spiro atoms. The average molecular weight is 1580 g/mol. The molecule has 0 atom stereocenters. The summed E-state index contributed by atoms with van der Waals surface area (Å²) in [5.74, 6) is -0.418. The lowest BCUT2D eigenvalue weighted by Gasteiger charge is -2.22. The Morgan fingerprint density at radius 2 is 0.518 bits per heavy atom. The van der Waals surface area contributed by atoms with E-state index in [1.54, 1.807) is 77.8 Å². The van der Waals surface area contributed by atoms with Gasteiger partial charge in [0.25, 0.3) is 0 Å². The average Bonchev–Trinajstić information content (AvgIpc) is 0.889. The summed E-state index contributed by atoms with van der Waals surface area (Å²) in [6, 6.07) is 7.02. The van der Waals surface area contributed by atoms with Crippen LogP contribution < -0.4 is 63.8 Å². The van der Waals surface area contributed by atoms with E-state index >= 15 is 0 Å². The van der Waals surface area contributed by atoms with Crippen LogP contribution in [-0.2, 0) is 62.1 Å². The van der Waals surface area contributed by atoms with Gasteiger partial charge in [0.1, 0.15) is 19.5 Å². The Labute approximate surface area is 667 Å². The number of rotatable bonds is 68. The van der Waals surface area contributed by atoms with Gasteiger partial charge in [0, 0.05) is 143 Å². The maximum atomic E-state index is 13.1. The molecule has 4 heterocycles. The van der Waals surface area contributed by atoms with Crippen molar-refractivity contribution in [2.45, 2.75) is 51.4 Å². The van der Waals surface area contributed by atoms with Crippen molar-refractivity contribution in [1.82, 2.24) is 97.1 Å². The summed E-state index contributed by atoms with van der Waals surface area (Å²) < 4.78 is 22.1. The van der Waals surface area contributed by atoms with Crippen molar-refractivity contribution in [3.63, 3.8) is 0 Å². The normalized spacial score (nSPS) is 10.8. The molecule has 0 aliphatic carbocycles. The molecule has 0 unspecified atom stereocenters. The number of carbonyl (C=O) groups excluding carboxylic acids is 9. The molecule has 0 radical (unpaired) electrons. The number of anilines is 4. The first-order valence-electron chi connectivity index (χ1n) is 38.0. The zero-order valence-corrected chi connectivity index (χ0v) is 65.6. The maximum absolute atomic E-state index is 13.1. The van der Waals surface area contributed by atoms with Crippen LogP contribution in [0.4, 0.5) is 23.8 Å². The van der Waals surface area contributed by atoms with Gasteiger partial charge in [0.2, 0.25) is 71.1 Å². The van der Waals surface area contributed by atoms with Gasteiger partial charge < -0.3 is 87.5 Å². The van der Waals surface area contributed by atoms with Gasteiger partial charge >= 0.3 is 0 Å². The highest BCUT2D eigenvalue weighted by atomic mass is 16.5. The number of hydrogen-bond donors (Lipinski definition) is 12. The highest BCUT2D eigenvalue weighted by Crippen LogP contribution is 2.13. The summed E-state index contributed by atoms with van der Waals surface area (Å²) in [6.07, 6.45) is 16.6. The quantitative estimate of drug-likeness (QED) is 0.0222. The Morgan fingerprint density at radius 1 is 0.289 bits per heavy atom. The molecule has 12 N–H and O–H groups in total. The molecule has 4 aromatic heterocycles. The largest absolute Gasteiger partial charge is 0.377 e. The SMILES string of the molecule is C=Cc1cc(C=C)nc(NCCCC(=O)NCCN(CCNC(=O)CCCNc2nc(C=C)cc(C=C)n2)CC(=O)NCCOCCOCC(=O)NCCN(CC=O)CCNC(=O)COCCOCCNC(=O)CN(CCNC(=O)CCCNc2nc(C=C)cc(C=C)n2)CCNC(=O)CCCNc2nc(C=C)cc(C=C)n2)n1. The van der Waals surface area contributed by atoms with Crippen molar-refractivity contribution >= 4 is 126 Å². The number of aldehydes is 1. The molecule has 0 aliphatic heterocycles. The van der Waals surface area contributed by atoms with Crippen molar-refractivity contribution in [3.05, 3.63) is 122 Å². The van der Waals surface area contributed by atoms with E-state index in [0.29, 0.717) is 160 Å². The number of hydrogen-bond acceptors (Lipinski definition) is 28. The molecule has 620 valence electrons. The van der Waals surface area contributed by atoms with E-state index in [9.17, 15) is 43.2 Å². The molecule has 4 aromatic rings. The Balaban J connectivity index is 1.05. The lowest BCUT2D eigenvalue weighted by atomic mass is 10.3. The second kappa shape index (κ2) is 59.4. The van der Waals surface area contributed by atoms with Gasteiger partial charge in [-0.15, -0.1) is 0 Å². The minimum atomic E-state index is -0.383. The van der Waals surface area contributed by atoms with Crippen molar-refractivity contribution in [2.24, 2.45) is 0 Å². The Kier molecular flexibility index (Phi) is 49.5. The zero-order chi connectivity index (χ0) is 82.6. The topological polar surface area (TPSA) is 448 Å². The third-order valence-electron chi connectivity index (χ3n) is 16.1. The summed E-state index contributed by atoms with van der Waals surface area (Å²) in [6.45, 7) is 36.0. The number of carbonyl (C=O) groups is 9. The maximum Gasteiger partial charge on any atom is 0.246 e. The van der Waals surface area contributed by atoms with Crippen molar-refractivity contribution in [1.29, 1.82) is 0 Å². The smallest absolute Gasteiger partial charge is 0.246 e. The molecule has 0 saturated carbocycles. The molecule has 4 rings (SSSR count). The monoisotopic (exact) mass is 1580 g/mol. The van der Waals surface area contributed by atoms with E-state index in [0.717, 1.165) is 6.29 Å². The van der Waals surface area contributed by atoms with Crippen molar-refractivity contribution in [3.8, 4) is 0 Å². The van der Waals surface area contributed by atoms with E-state index in [1.807, 2.05) is 9.80 Å². The number of amides is 8. The molecular weight excluding hydrogens is 1470 g/mol. The summed E-state index contributed by atoms with van der Waals surface area (Å²) >= 11 is 0. The van der Waals surface area contributed by atoms with Gasteiger partial charge in [-0.2, -0.15) is 0 Å². The Morgan fingerprint density at radius 3 is 0.763 bits per heavy atom. The molecule has 0 aromatic carbocycles. The lowest BCUT2D eigenvalue weighted by Crippen LogP contribution is -2.45. The van der Waals surface area contributed by atoms with E-state index < -0.39 is 0 Å². The predicted octanol–water partition coefficient (Wildman–Crippen LogP) is 1.96. The van der Waals surface area contributed by atoms with Crippen LogP contribution in [0.15, 0.2) is 76.9 Å². The van der Waals surface area contributed by atoms with Crippen LogP contribution in [-0.4, -0.2) is 298 Å². The van der Waals surface area contributed by atoms with Gasteiger partial charge in [-0.3, -0.25) is 53.1 Å². The van der Waals surface area contributed by atoms with Crippen LogP contribution >= 0.6 is 0 Å².